The van der Waals surface area contributed by atoms with Crippen LogP contribution in [0, 0.1) is 12.3 Å². The average Bonchev–Trinajstić information content (AvgIpc) is 2.38. The minimum Gasteiger partial charge on any atom is -0.384 e. The number of nitrogens with zero attached hydrogens (tertiary/aromatic N) is 2. The van der Waals surface area contributed by atoms with Gasteiger partial charge in [0.1, 0.15) is 12.4 Å². The molecule has 10 heavy (non-hydrogen) atoms. The molecule has 2 N–H and O–H groups in total. The molecule has 0 saturated carbocycles. The monoisotopic (exact) mass is 137 g/mol. The highest BCUT2D eigenvalue weighted by Crippen LogP contribution is 2.07. The van der Waals surface area contributed by atoms with Crippen molar-refractivity contribution in [3.05, 3.63) is 12.2 Å². The van der Waals surface area contributed by atoms with Crippen LogP contribution in [0.2, 0.25) is 0 Å². The molecule has 1 heterocycles. The van der Waals surface area contributed by atoms with E-state index >= 15 is 0 Å². The molecule has 1 aromatic heterocycles. The molecule has 0 fully saturated rings. The van der Waals surface area contributed by atoms with Crippen LogP contribution in [0.15, 0.2) is 6.33 Å². The van der Waals surface area contributed by atoms with Gasteiger partial charge in [0, 0.05) is 6.42 Å². The molecule has 0 bridgehead atoms. The number of aromatic nitrogens is 3. The van der Waals surface area contributed by atoms with Crippen LogP contribution in [0.5, 0.6) is 0 Å². The van der Waals surface area contributed by atoms with Crippen molar-refractivity contribution in [3.8, 4) is 12.3 Å². The van der Waals surface area contributed by atoms with Gasteiger partial charge in [-0.3, -0.25) is 5.10 Å². The van der Waals surface area contributed by atoms with Gasteiger partial charge in [-0.25, -0.2) is 4.98 Å². The Labute approximate surface area is 58.3 Å². The second-order valence-electron chi connectivity index (χ2n) is 1.79. The summed E-state index contributed by atoms with van der Waals surface area (Å²) in [4.78, 5) is 3.72. The predicted octanol–water partition coefficient (Wildman–Crippen LogP) is -0.139. The van der Waals surface area contributed by atoms with Crippen molar-refractivity contribution >= 4 is 0 Å². The molecule has 0 amide bonds. The first kappa shape index (κ1) is 6.78. The first-order chi connectivity index (χ1) is 4.84. The van der Waals surface area contributed by atoms with E-state index in [1.165, 1.54) is 6.33 Å². The molecule has 0 saturated heterocycles. The number of aliphatic hydroxyl groups is 1. The molecule has 0 aliphatic heterocycles. The number of aromatic amines is 1. The molecule has 52 valence electrons. The van der Waals surface area contributed by atoms with Crippen LogP contribution in [0.3, 0.4) is 0 Å². The summed E-state index contributed by atoms with van der Waals surface area (Å²) in [5.41, 5.74) is 0. The molecule has 1 rings (SSSR count). The van der Waals surface area contributed by atoms with Crippen LogP contribution in [0.25, 0.3) is 0 Å². The third-order valence-electron chi connectivity index (χ3n) is 1.06. The number of hydrogen-bond acceptors (Lipinski definition) is 3. The molecule has 1 unspecified atom stereocenters. The minimum absolute atomic E-state index is 0.259. The molecule has 0 radical (unpaired) electrons. The topological polar surface area (TPSA) is 61.8 Å². The van der Waals surface area contributed by atoms with E-state index in [1.807, 2.05) is 0 Å². The van der Waals surface area contributed by atoms with Gasteiger partial charge in [0.05, 0.1) is 0 Å². The van der Waals surface area contributed by atoms with Crippen LogP contribution in [0.4, 0.5) is 0 Å². The van der Waals surface area contributed by atoms with Crippen LogP contribution in [-0.4, -0.2) is 20.3 Å². The predicted molar refractivity (Wildman–Crippen MR) is 34.8 cm³/mol. The molecule has 0 aromatic carbocycles. The van der Waals surface area contributed by atoms with Crippen LogP contribution >= 0.6 is 0 Å². The van der Waals surface area contributed by atoms with Crippen molar-refractivity contribution in [2.75, 3.05) is 0 Å². The Kier molecular flexibility index (Phi) is 2.03. The standard InChI is InChI=1S/C6H7N3O/c1-2-3-5(10)6-7-4-8-9-6/h1,4-5,10H,3H2,(H,7,8,9). The Morgan fingerprint density at radius 3 is 3.20 bits per heavy atom. The molecular weight excluding hydrogens is 130 g/mol. The maximum Gasteiger partial charge on any atom is 0.154 e. The van der Waals surface area contributed by atoms with Gasteiger partial charge in [-0.2, -0.15) is 5.10 Å². The van der Waals surface area contributed by atoms with Gasteiger partial charge in [0.2, 0.25) is 0 Å². The minimum atomic E-state index is -0.715. The zero-order valence-corrected chi connectivity index (χ0v) is 5.28. The average molecular weight is 137 g/mol. The maximum atomic E-state index is 9.13. The highest BCUT2D eigenvalue weighted by Gasteiger charge is 2.06. The lowest BCUT2D eigenvalue weighted by molar-refractivity contribution is 0.174. The number of rotatable bonds is 2. The summed E-state index contributed by atoms with van der Waals surface area (Å²) in [7, 11) is 0. The number of H-pyrrole nitrogens is 1. The normalized spacial score (nSPS) is 12.4. The highest BCUT2D eigenvalue weighted by molar-refractivity contribution is 4.95. The molecule has 0 aliphatic carbocycles. The van der Waals surface area contributed by atoms with Crippen molar-refractivity contribution in [1.29, 1.82) is 0 Å². The fourth-order valence-electron chi connectivity index (χ4n) is 0.584. The van der Waals surface area contributed by atoms with Gasteiger partial charge in [-0.1, -0.05) is 0 Å². The van der Waals surface area contributed by atoms with Gasteiger partial charge in [0.15, 0.2) is 5.82 Å². The lowest BCUT2D eigenvalue weighted by Gasteiger charge is -1.99. The Balaban J connectivity index is 2.61. The Morgan fingerprint density at radius 2 is 2.70 bits per heavy atom. The van der Waals surface area contributed by atoms with E-state index in [0.717, 1.165) is 0 Å². The van der Waals surface area contributed by atoms with Crippen molar-refractivity contribution < 1.29 is 5.11 Å². The molecule has 1 atom stereocenters. The summed E-state index contributed by atoms with van der Waals surface area (Å²) < 4.78 is 0. The van der Waals surface area contributed by atoms with E-state index < -0.39 is 6.10 Å². The number of aliphatic hydroxyl groups excluding tert-OH is 1. The SMILES string of the molecule is C#CCC(O)c1ncn[nH]1. The van der Waals surface area contributed by atoms with E-state index in [2.05, 4.69) is 21.1 Å². The first-order valence-corrected chi connectivity index (χ1v) is 2.81. The van der Waals surface area contributed by atoms with Gasteiger partial charge in [-0.05, 0) is 0 Å². The van der Waals surface area contributed by atoms with Crippen LogP contribution in [0.1, 0.15) is 18.3 Å². The molecule has 0 spiro atoms. The maximum absolute atomic E-state index is 9.13. The lowest BCUT2D eigenvalue weighted by atomic mass is 10.2. The summed E-state index contributed by atoms with van der Waals surface area (Å²) in [5.74, 6) is 2.73. The summed E-state index contributed by atoms with van der Waals surface area (Å²) in [6.07, 6.45) is 5.84. The third kappa shape index (κ3) is 1.33. The van der Waals surface area contributed by atoms with Crippen molar-refractivity contribution in [3.63, 3.8) is 0 Å². The van der Waals surface area contributed by atoms with Crippen molar-refractivity contribution in [2.24, 2.45) is 0 Å². The summed E-state index contributed by atoms with van der Waals surface area (Å²) in [6, 6.07) is 0. The molecule has 0 aliphatic rings. The number of terminal acetylenes is 1. The molecule has 4 heteroatoms. The fraction of sp³-hybridized carbons (Fsp3) is 0.333. The Bertz CT molecular complexity index is 224. The van der Waals surface area contributed by atoms with E-state index in [-0.39, 0.29) is 6.42 Å². The fourth-order valence-corrected chi connectivity index (χ4v) is 0.584. The van der Waals surface area contributed by atoms with Gasteiger partial charge < -0.3 is 5.11 Å². The third-order valence-corrected chi connectivity index (χ3v) is 1.06. The van der Waals surface area contributed by atoms with Gasteiger partial charge in [-0.15, -0.1) is 12.3 Å². The largest absolute Gasteiger partial charge is 0.384 e. The van der Waals surface area contributed by atoms with Gasteiger partial charge in [0.25, 0.3) is 0 Å². The van der Waals surface area contributed by atoms with Crippen LogP contribution in [-0.2, 0) is 0 Å². The second-order valence-corrected chi connectivity index (χ2v) is 1.79. The van der Waals surface area contributed by atoms with E-state index in [4.69, 9.17) is 11.5 Å². The summed E-state index contributed by atoms with van der Waals surface area (Å²) >= 11 is 0. The quantitative estimate of drug-likeness (QED) is 0.558. The zero-order valence-electron chi connectivity index (χ0n) is 5.28. The molecule has 4 nitrogen and oxygen atoms in total. The molecular formula is C6H7N3O. The molecule has 1 aromatic rings. The Morgan fingerprint density at radius 1 is 1.90 bits per heavy atom. The van der Waals surface area contributed by atoms with Gasteiger partial charge >= 0.3 is 0 Å². The van der Waals surface area contributed by atoms with E-state index in [9.17, 15) is 0 Å². The highest BCUT2D eigenvalue weighted by atomic mass is 16.3. The van der Waals surface area contributed by atoms with E-state index in [0.29, 0.717) is 5.82 Å². The summed E-state index contributed by atoms with van der Waals surface area (Å²) in [6.45, 7) is 0. The Hall–Kier alpha value is -1.34. The smallest absolute Gasteiger partial charge is 0.154 e. The van der Waals surface area contributed by atoms with Crippen LogP contribution < -0.4 is 0 Å². The van der Waals surface area contributed by atoms with Crippen molar-refractivity contribution in [2.45, 2.75) is 12.5 Å². The second kappa shape index (κ2) is 2.99. The number of hydrogen-bond donors (Lipinski definition) is 2. The lowest BCUT2D eigenvalue weighted by Crippen LogP contribution is -1.97. The first-order valence-electron chi connectivity index (χ1n) is 2.81. The van der Waals surface area contributed by atoms with E-state index in [1.54, 1.807) is 0 Å². The van der Waals surface area contributed by atoms with Crippen molar-refractivity contribution in [1.82, 2.24) is 15.2 Å². The zero-order chi connectivity index (χ0) is 7.40. The number of nitrogens with one attached hydrogen (secondary N) is 1. The summed E-state index contributed by atoms with van der Waals surface area (Å²) in [5, 5.41) is 15.2.